The molecule has 0 N–H and O–H groups in total. The lowest BCUT2D eigenvalue weighted by Crippen LogP contribution is -2.42. The van der Waals surface area contributed by atoms with Crippen molar-refractivity contribution in [3.63, 3.8) is 0 Å². The predicted molar refractivity (Wildman–Crippen MR) is 141 cm³/mol. The van der Waals surface area contributed by atoms with Crippen molar-refractivity contribution in [1.29, 1.82) is 0 Å². The van der Waals surface area contributed by atoms with Crippen LogP contribution in [0.3, 0.4) is 0 Å². The smallest absolute Gasteiger partial charge is 0.156 e. The summed E-state index contributed by atoms with van der Waals surface area (Å²) in [5.74, 6) is 0. The van der Waals surface area contributed by atoms with Crippen LogP contribution in [0.5, 0.6) is 0 Å². The summed E-state index contributed by atoms with van der Waals surface area (Å²) in [5.41, 5.74) is 0. The molecule has 4 aromatic carbocycles. The van der Waals surface area contributed by atoms with Crippen molar-refractivity contribution >= 4 is 35.5 Å². The molecule has 0 unspecified atom stereocenters. The highest BCUT2D eigenvalue weighted by Crippen LogP contribution is 2.78. The fourth-order valence-electron chi connectivity index (χ4n) is 5.58. The van der Waals surface area contributed by atoms with Crippen LogP contribution in [-0.2, 0) is 9.13 Å². The molecule has 0 atom stereocenters. The van der Waals surface area contributed by atoms with Crippen LogP contribution in [0.2, 0.25) is 0 Å². The van der Waals surface area contributed by atoms with Gasteiger partial charge in [-0.25, -0.2) is 0 Å². The molecule has 1 saturated carbocycles. The van der Waals surface area contributed by atoms with Gasteiger partial charge in [-0.15, -0.1) is 0 Å². The third-order valence-electron chi connectivity index (χ3n) is 7.06. The normalized spacial score (nSPS) is 15.9. The number of hydrogen-bond donors (Lipinski definition) is 0. The second-order valence-corrected chi connectivity index (χ2v) is 15.3. The Bertz CT molecular complexity index is 1110. The van der Waals surface area contributed by atoms with Crippen LogP contribution in [0.25, 0.3) is 0 Å². The summed E-state index contributed by atoms with van der Waals surface area (Å²) in [7, 11) is -6.64. The van der Waals surface area contributed by atoms with Gasteiger partial charge < -0.3 is 9.13 Å². The first kappa shape index (κ1) is 22.1. The highest BCUT2D eigenvalue weighted by atomic mass is 31.2. The van der Waals surface area contributed by atoms with E-state index in [0.717, 1.165) is 34.1 Å². The van der Waals surface area contributed by atoms with Crippen molar-refractivity contribution in [2.75, 3.05) is 0 Å². The van der Waals surface area contributed by atoms with Crippen LogP contribution >= 0.6 is 14.3 Å². The zero-order valence-electron chi connectivity index (χ0n) is 18.6. The van der Waals surface area contributed by atoms with Gasteiger partial charge in [-0.2, -0.15) is 0 Å². The third kappa shape index (κ3) is 3.40. The lowest BCUT2D eigenvalue weighted by atomic mass is 10.3. The number of rotatable bonds is 6. The van der Waals surface area contributed by atoms with E-state index in [2.05, 4.69) is 0 Å². The van der Waals surface area contributed by atoms with E-state index in [1.807, 2.05) is 121 Å². The topological polar surface area (TPSA) is 34.1 Å². The molecule has 33 heavy (non-hydrogen) atoms. The summed E-state index contributed by atoms with van der Waals surface area (Å²) in [6.45, 7) is 0. The monoisotopic (exact) mass is 470 g/mol. The molecule has 1 fully saturated rings. The molecule has 0 aromatic heterocycles. The minimum Gasteiger partial charge on any atom is -0.313 e. The molecule has 0 radical (unpaired) electrons. The molecule has 4 heteroatoms. The second-order valence-electron chi connectivity index (χ2n) is 8.75. The molecule has 0 saturated heterocycles. The average Bonchev–Trinajstić information content (AvgIpc) is 3.42. The van der Waals surface area contributed by atoms with Crippen molar-refractivity contribution in [2.24, 2.45) is 0 Å². The van der Waals surface area contributed by atoms with Gasteiger partial charge in [-0.3, -0.25) is 0 Å². The maximum Gasteiger partial charge on any atom is 0.156 e. The first-order valence-corrected chi connectivity index (χ1v) is 15.0. The van der Waals surface area contributed by atoms with Crippen LogP contribution in [0.15, 0.2) is 121 Å². The van der Waals surface area contributed by atoms with Crippen LogP contribution in [-0.4, -0.2) is 4.90 Å². The number of benzene rings is 4. The van der Waals surface area contributed by atoms with Gasteiger partial charge >= 0.3 is 0 Å². The molecule has 4 aromatic rings. The molecule has 1 aliphatic rings. The first-order valence-electron chi connectivity index (χ1n) is 11.6. The Balaban J connectivity index is 1.90. The molecule has 0 amide bonds. The van der Waals surface area contributed by atoms with Crippen LogP contribution in [0.4, 0.5) is 0 Å². The van der Waals surface area contributed by atoms with Gasteiger partial charge in [-0.1, -0.05) is 134 Å². The van der Waals surface area contributed by atoms with Crippen molar-refractivity contribution in [3.8, 4) is 0 Å². The quantitative estimate of drug-likeness (QED) is 0.311. The Kier molecular flexibility index (Phi) is 6.00. The number of hydrogen-bond acceptors (Lipinski definition) is 2. The lowest BCUT2D eigenvalue weighted by molar-refractivity contribution is 0.548. The summed E-state index contributed by atoms with van der Waals surface area (Å²) in [6.07, 6.45) is 3.20. The van der Waals surface area contributed by atoms with E-state index in [9.17, 15) is 0 Å². The third-order valence-corrected chi connectivity index (χ3v) is 16.1. The van der Waals surface area contributed by atoms with Gasteiger partial charge in [0.1, 0.15) is 0 Å². The standard InChI is InChI=1S/C29H28O2P2/c30-32(25-15-5-1-6-16-25,26-17-7-2-8-18-26)29(23-13-14-24-29)33(31,27-19-9-3-10-20-27)28-21-11-4-12-22-28/h1-12,15-22H,13-14,23-24H2. The predicted octanol–water partition coefficient (Wildman–Crippen LogP) is 6.28. The fraction of sp³-hybridized carbons (Fsp3) is 0.172. The van der Waals surface area contributed by atoms with Gasteiger partial charge in [0.05, 0.1) is 4.90 Å². The Hall–Kier alpha value is -2.66. The van der Waals surface area contributed by atoms with Crippen LogP contribution in [0, 0.1) is 0 Å². The van der Waals surface area contributed by atoms with E-state index in [1.165, 1.54) is 0 Å². The lowest BCUT2D eigenvalue weighted by Gasteiger charge is -2.44. The maximum absolute atomic E-state index is 15.8. The van der Waals surface area contributed by atoms with Gasteiger partial charge in [0, 0.05) is 21.2 Å². The van der Waals surface area contributed by atoms with Crippen LogP contribution in [0.1, 0.15) is 25.7 Å². The maximum atomic E-state index is 15.8. The minimum absolute atomic E-state index is 0.676. The van der Waals surface area contributed by atoms with Crippen molar-refractivity contribution in [2.45, 2.75) is 30.6 Å². The minimum atomic E-state index is -3.32. The second kappa shape index (κ2) is 8.94. The molecule has 0 heterocycles. The van der Waals surface area contributed by atoms with E-state index < -0.39 is 19.2 Å². The molecule has 166 valence electrons. The fourth-order valence-corrected chi connectivity index (χ4v) is 15.3. The summed E-state index contributed by atoms with van der Waals surface area (Å²) in [6, 6.07) is 39.1. The summed E-state index contributed by atoms with van der Waals surface area (Å²) >= 11 is 0. The van der Waals surface area contributed by atoms with E-state index in [0.29, 0.717) is 12.8 Å². The summed E-state index contributed by atoms with van der Waals surface area (Å²) < 4.78 is 31.5. The Morgan fingerprint density at radius 3 is 0.909 bits per heavy atom. The van der Waals surface area contributed by atoms with Gasteiger partial charge in [-0.05, 0) is 12.8 Å². The molecular weight excluding hydrogens is 442 g/mol. The highest BCUT2D eigenvalue weighted by molar-refractivity contribution is 7.96. The van der Waals surface area contributed by atoms with Crippen molar-refractivity contribution in [3.05, 3.63) is 121 Å². The van der Waals surface area contributed by atoms with Crippen molar-refractivity contribution in [1.82, 2.24) is 0 Å². The zero-order valence-corrected chi connectivity index (χ0v) is 20.4. The highest BCUT2D eigenvalue weighted by Gasteiger charge is 2.62. The van der Waals surface area contributed by atoms with E-state index >= 15 is 9.13 Å². The van der Waals surface area contributed by atoms with Crippen LogP contribution < -0.4 is 21.2 Å². The molecular formula is C29H28O2P2. The molecule has 0 spiro atoms. The Labute approximate surface area is 196 Å². The van der Waals surface area contributed by atoms with Gasteiger partial charge in [0.2, 0.25) is 0 Å². The van der Waals surface area contributed by atoms with Gasteiger partial charge in [0.25, 0.3) is 0 Å². The zero-order chi connectivity index (χ0) is 22.8. The van der Waals surface area contributed by atoms with E-state index in [-0.39, 0.29) is 0 Å². The van der Waals surface area contributed by atoms with Crippen molar-refractivity contribution < 1.29 is 9.13 Å². The molecule has 0 aliphatic heterocycles. The summed E-state index contributed by atoms with van der Waals surface area (Å²) in [4.78, 5) is -0.870. The Morgan fingerprint density at radius 2 is 0.667 bits per heavy atom. The Morgan fingerprint density at radius 1 is 0.424 bits per heavy atom. The average molecular weight is 470 g/mol. The molecule has 1 aliphatic carbocycles. The SMILES string of the molecule is O=P(c1ccccc1)(c1ccccc1)C1(P(=O)(c2ccccc2)c2ccccc2)CCCC1. The molecule has 0 bridgehead atoms. The molecule has 5 rings (SSSR count). The van der Waals surface area contributed by atoms with E-state index in [1.54, 1.807) is 0 Å². The molecule has 2 nitrogen and oxygen atoms in total. The summed E-state index contributed by atoms with van der Waals surface area (Å²) in [5, 5.41) is 3.19. The van der Waals surface area contributed by atoms with E-state index in [4.69, 9.17) is 0 Å². The largest absolute Gasteiger partial charge is 0.313 e. The van der Waals surface area contributed by atoms with Gasteiger partial charge in [0.15, 0.2) is 14.3 Å². The first-order chi connectivity index (χ1) is 16.1.